The summed E-state index contributed by atoms with van der Waals surface area (Å²) in [6, 6.07) is 0. The Morgan fingerprint density at radius 3 is 2.40 bits per heavy atom. The van der Waals surface area contributed by atoms with Crippen LogP contribution in [0.2, 0.25) is 0 Å². The fraction of sp³-hybridized carbons (Fsp3) is 0.545. The van der Waals surface area contributed by atoms with Crippen molar-refractivity contribution in [3.8, 4) is 0 Å². The summed E-state index contributed by atoms with van der Waals surface area (Å²) in [6.45, 7) is 7.70. The topological polar surface area (TPSA) is 68.9 Å². The number of hydrogen-bond donors (Lipinski definition) is 1. The molecule has 0 radical (unpaired) electrons. The number of hydrogen-bond acceptors (Lipinski definition) is 4. The molecule has 0 saturated heterocycles. The van der Waals surface area contributed by atoms with E-state index in [1.54, 1.807) is 0 Å². The lowest BCUT2D eigenvalue weighted by Crippen LogP contribution is -2.14. The molecule has 0 aliphatic carbocycles. The van der Waals surface area contributed by atoms with E-state index >= 15 is 0 Å². The SMILES string of the molecule is CC(C)C(=O)c1cnc(N)nc1C(C)C. The van der Waals surface area contributed by atoms with Crippen molar-refractivity contribution in [2.45, 2.75) is 33.6 Å². The average molecular weight is 207 g/mol. The van der Waals surface area contributed by atoms with Crippen LogP contribution < -0.4 is 5.73 Å². The zero-order valence-corrected chi connectivity index (χ0v) is 9.61. The Morgan fingerprint density at radius 2 is 1.93 bits per heavy atom. The van der Waals surface area contributed by atoms with E-state index in [4.69, 9.17) is 5.73 Å². The zero-order valence-electron chi connectivity index (χ0n) is 9.61. The molecule has 0 unspecified atom stereocenters. The highest BCUT2D eigenvalue weighted by atomic mass is 16.1. The van der Waals surface area contributed by atoms with Gasteiger partial charge in [-0.05, 0) is 5.92 Å². The average Bonchev–Trinajstić information content (AvgIpc) is 2.16. The van der Waals surface area contributed by atoms with Crippen molar-refractivity contribution < 1.29 is 4.79 Å². The predicted octanol–water partition coefficient (Wildman–Crippen LogP) is 2.02. The van der Waals surface area contributed by atoms with Gasteiger partial charge in [-0.25, -0.2) is 9.97 Å². The highest BCUT2D eigenvalue weighted by molar-refractivity contribution is 5.98. The first kappa shape index (κ1) is 11.6. The number of nitrogens with zero attached hydrogens (tertiary/aromatic N) is 2. The van der Waals surface area contributed by atoms with E-state index in [1.807, 2.05) is 27.7 Å². The fourth-order valence-corrected chi connectivity index (χ4v) is 1.35. The van der Waals surface area contributed by atoms with Crippen molar-refractivity contribution >= 4 is 11.7 Å². The van der Waals surface area contributed by atoms with Crippen LogP contribution in [-0.2, 0) is 0 Å². The molecular formula is C11H17N3O. The van der Waals surface area contributed by atoms with Crippen LogP contribution in [0.1, 0.15) is 49.7 Å². The molecule has 4 nitrogen and oxygen atoms in total. The van der Waals surface area contributed by atoms with Gasteiger partial charge < -0.3 is 5.73 Å². The van der Waals surface area contributed by atoms with E-state index in [0.717, 1.165) is 5.69 Å². The molecule has 2 N–H and O–H groups in total. The molecule has 4 heteroatoms. The van der Waals surface area contributed by atoms with Crippen LogP contribution in [0.25, 0.3) is 0 Å². The van der Waals surface area contributed by atoms with Crippen LogP contribution in [0.15, 0.2) is 6.20 Å². The molecule has 0 amide bonds. The third kappa shape index (κ3) is 2.52. The van der Waals surface area contributed by atoms with Crippen molar-refractivity contribution in [3.05, 3.63) is 17.5 Å². The molecule has 15 heavy (non-hydrogen) atoms. The summed E-state index contributed by atoms with van der Waals surface area (Å²) in [6.07, 6.45) is 1.53. The first-order valence-electron chi connectivity index (χ1n) is 5.10. The molecule has 1 heterocycles. The molecule has 0 saturated carbocycles. The monoisotopic (exact) mass is 207 g/mol. The zero-order chi connectivity index (χ0) is 11.6. The number of nitrogens with two attached hydrogens (primary N) is 1. The molecule has 1 rings (SSSR count). The third-order valence-electron chi connectivity index (χ3n) is 2.17. The normalized spacial score (nSPS) is 11.1. The van der Waals surface area contributed by atoms with E-state index in [1.165, 1.54) is 6.20 Å². The molecule has 0 bridgehead atoms. The molecule has 0 spiro atoms. The number of ketones is 1. The van der Waals surface area contributed by atoms with E-state index in [2.05, 4.69) is 9.97 Å². The van der Waals surface area contributed by atoms with Crippen LogP contribution in [0.5, 0.6) is 0 Å². The summed E-state index contributed by atoms with van der Waals surface area (Å²) in [4.78, 5) is 19.9. The lowest BCUT2D eigenvalue weighted by molar-refractivity contribution is 0.0937. The van der Waals surface area contributed by atoms with E-state index in [9.17, 15) is 4.79 Å². The summed E-state index contributed by atoms with van der Waals surface area (Å²) in [5, 5.41) is 0. The maximum absolute atomic E-state index is 11.9. The molecule has 1 aromatic heterocycles. The summed E-state index contributed by atoms with van der Waals surface area (Å²) < 4.78 is 0. The Hall–Kier alpha value is -1.45. The van der Waals surface area contributed by atoms with E-state index in [0.29, 0.717) is 5.56 Å². The molecular weight excluding hydrogens is 190 g/mol. The van der Waals surface area contributed by atoms with Crippen molar-refractivity contribution in [1.29, 1.82) is 0 Å². The van der Waals surface area contributed by atoms with Gasteiger partial charge in [0.25, 0.3) is 0 Å². The van der Waals surface area contributed by atoms with Gasteiger partial charge in [0, 0.05) is 12.1 Å². The summed E-state index contributed by atoms with van der Waals surface area (Å²) in [5.41, 5.74) is 6.84. The molecule has 0 aliphatic heterocycles. The Labute approximate surface area is 89.9 Å². The lowest BCUT2D eigenvalue weighted by atomic mass is 9.96. The second kappa shape index (κ2) is 4.38. The summed E-state index contributed by atoms with van der Waals surface area (Å²) in [7, 11) is 0. The van der Waals surface area contributed by atoms with Gasteiger partial charge in [0.2, 0.25) is 5.95 Å². The van der Waals surface area contributed by atoms with Crippen LogP contribution in [0.4, 0.5) is 5.95 Å². The van der Waals surface area contributed by atoms with Gasteiger partial charge in [0.15, 0.2) is 5.78 Å². The van der Waals surface area contributed by atoms with Gasteiger partial charge in [-0.15, -0.1) is 0 Å². The maximum Gasteiger partial charge on any atom is 0.220 e. The second-order valence-electron chi connectivity index (χ2n) is 4.20. The predicted molar refractivity (Wildman–Crippen MR) is 59.7 cm³/mol. The van der Waals surface area contributed by atoms with Gasteiger partial charge in [-0.3, -0.25) is 4.79 Å². The third-order valence-corrected chi connectivity index (χ3v) is 2.17. The fourth-order valence-electron chi connectivity index (χ4n) is 1.35. The Kier molecular flexibility index (Phi) is 3.39. The summed E-state index contributed by atoms with van der Waals surface area (Å²) in [5.74, 6) is 0.417. The number of anilines is 1. The van der Waals surface area contributed by atoms with Crippen molar-refractivity contribution in [2.24, 2.45) is 5.92 Å². The van der Waals surface area contributed by atoms with Crippen molar-refractivity contribution in [2.75, 3.05) is 5.73 Å². The molecule has 0 fully saturated rings. The minimum atomic E-state index is -0.0466. The van der Waals surface area contributed by atoms with Crippen molar-refractivity contribution in [1.82, 2.24) is 9.97 Å². The number of aromatic nitrogens is 2. The molecule has 0 aliphatic rings. The van der Waals surface area contributed by atoms with Gasteiger partial charge in [-0.2, -0.15) is 0 Å². The minimum absolute atomic E-state index is 0.0466. The highest BCUT2D eigenvalue weighted by Gasteiger charge is 2.18. The first-order valence-corrected chi connectivity index (χ1v) is 5.10. The van der Waals surface area contributed by atoms with Crippen LogP contribution in [-0.4, -0.2) is 15.8 Å². The van der Waals surface area contributed by atoms with Gasteiger partial charge >= 0.3 is 0 Å². The molecule has 1 aromatic rings. The number of carbonyl (C=O) groups is 1. The number of Topliss-reactive ketones (excluding diaryl/α,β-unsaturated/α-hetero) is 1. The molecule has 0 atom stereocenters. The van der Waals surface area contributed by atoms with Gasteiger partial charge in [0.1, 0.15) is 0 Å². The van der Waals surface area contributed by atoms with Gasteiger partial charge in [0.05, 0.1) is 11.3 Å². The number of carbonyl (C=O) groups excluding carboxylic acids is 1. The van der Waals surface area contributed by atoms with Crippen LogP contribution >= 0.6 is 0 Å². The molecule has 82 valence electrons. The smallest absolute Gasteiger partial charge is 0.220 e. The first-order chi connectivity index (χ1) is 6.93. The largest absolute Gasteiger partial charge is 0.368 e. The van der Waals surface area contributed by atoms with E-state index in [-0.39, 0.29) is 23.6 Å². The standard InChI is InChI=1S/C11H17N3O/c1-6(2)9-8(10(15)7(3)4)5-13-11(12)14-9/h5-7H,1-4H3,(H2,12,13,14). The number of rotatable bonds is 3. The summed E-state index contributed by atoms with van der Waals surface area (Å²) >= 11 is 0. The number of nitrogen functional groups attached to an aromatic ring is 1. The molecule has 0 aromatic carbocycles. The Morgan fingerprint density at radius 1 is 1.33 bits per heavy atom. The van der Waals surface area contributed by atoms with E-state index < -0.39 is 0 Å². The second-order valence-corrected chi connectivity index (χ2v) is 4.20. The van der Waals surface area contributed by atoms with Crippen LogP contribution in [0, 0.1) is 5.92 Å². The van der Waals surface area contributed by atoms with Gasteiger partial charge in [-0.1, -0.05) is 27.7 Å². The highest BCUT2D eigenvalue weighted by Crippen LogP contribution is 2.19. The van der Waals surface area contributed by atoms with Crippen molar-refractivity contribution in [3.63, 3.8) is 0 Å². The Bertz CT molecular complexity index is 372. The lowest BCUT2D eigenvalue weighted by Gasteiger charge is -2.12. The van der Waals surface area contributed by atoms with Crippen LogP contribution in [0.3, 0.4) is 0 Å². The maximum atomic E-state index is 11.9. The minimum Gasteiger partial charge on any atom is -0.368 e. The quantitative estimate of drug-likeness (QED) is 0.770. The Balaban J connectivity index is 3.23.